The van der Waals surface area contributed by atoms with Crippen LogP contribution < -0.4 is 10.2 Å². The highest BCUT2D eigenvalue weighted by atomic mass is 32.1. The highest BCUT2D eigenvalue weighted by Gasteiger charge is 2.31. The second-order valence-electron chi connectivity index (χ2n) is 4.25. The molecule has 3 nitrogen and oxygen atoms in total. The lowest BCUT2D eigenvalue weighted by atomic mass is 10.1. The summed E-state index contributed by atoms with van der Waals surface area (Å²) in [5.74, 6) is 0.150. The lowest BCUT2D eigenvalue weighted by Gasteiger charge is -2.23. The van der Waals surface area contributed by atoms with Gasteiger partial charge in [-0.3, -0.25) is 4.79 Å². The number of nitrogens with zero attached hydrogens (tertiary/aromatic N) is 1. The van der Waals surface area contributed by atoms with E-state index in [4.69, 9.17) is 0 Å². The van der Waals surface area contributed by atoms with Crippen molar-refractivity contribution in [1.82, 2.24) is 5.32 Å². The maximum atomic E-state index is 12.6. The Balaban J connectivity index is 1.99. The molecule has 94 valence electrons. The van der Waals surface area contributed by atoms with Gasteiger partial charge < -0.3 is 10.2 Å². The number of amides is 1. The normalized spacial score (nSPS) is 19.7. The molecular formula is C13H14N2OS2. The van der Waals surface area contributed by atoms with Crippen LogP contribution in [-0.4, -0.2) is 19.5 Å². The van der Waals surface area contributed by atoms with Gasteiger partial charge in [0.15, 0.2) is 0 Å². The van der Waals surface area contributed by atoms with E-state index in [9.17, 15) is 4.79 Å². The van der Waals surface area contributed by atoms with Crippen LogP contribution in [0.3, 0.4) is 0 Å². The fraction of sp³-hybridized carbons (Fsp3) is 0.308. The van der Waals surface area contributed by atoms with Crippen molar-refractivity contribution in [3.8, 4) is 0 Å². The Morgan fingerprint density at radius 2 is 2.28 bits per heavy atom. The smallest absolute Gasteiger partial charge is 0.249 e. The van der Waals surface area contributed by atoms with E-state index in [0.717, 1.165) is 18.7 Å². The number of nitrogens with one attached hydrogen (secondary N) is 1. The molecule has 1 amide bonds. The van der Waals surface area contributed by atoms with Crippen LogP contribution in [0.15, 0.2) is 28.3 Å². The first-order valence-electron chi connectivity index (χ1n) is 5.88. The molecule has 18 heavy (non-hydrogen) atoms. The number of likely N-dealkylation sites (N-methyl/N-ethyl adjacent to an activating group) is 1. The van der Waals surface area contributed by atoms with E-state index in [1.165, 1.54) is 10.4 Å². The zero-order valence-corrected chi connectivity index (χ0v) is 11.7. The highest BCUT2D eigenvalue weighted by molar-refractivity contribution is 7.10. The number of thiophene rings is 2. The van der Waals surface area contributed by atoms with Crippen LogP contribution in [-0.2, 0) is 11.2 Å². The third kappa shape index (κ3) is 1.88. The fourth-order valence-corrected chi connectivity index (χ4v) is 4.04. The molecule has 5 heteroatoms. The van der Waals surface area contributed by atoms with Gasteiger partial charge in [-0.05, 0) is 41.9 Å². The quantitative estimate of drug-likeness (QED) is 0.916. The molecular weight excluding hydrogens is 264 g/mol. The van der Waals surface area contributed by atoms with Gasteiger partial charge >= 0.3 is 0 Å². The molecule has 0 spiro atoms. The van der Waals surface area contributed by atoms with Crippen molar-refractivity contribution in [3.05, 3.63) is 38.7 Å². The van der Waals surface area contributed by atoms with Crippen molar-refractivity contribution in [2.75, 3.05) is 18.5 Å². The summed E-state index contributed by atoms with van der Waals surface area (Å²) < 4.78 is 0. The van der Waals surface area contributed by atoms with Crippen molar-refractivity contribution in [2.45, 2.75) is 12.5 Å². The number of rotatable bonds is 2. The molecule has 1 aliphatic heterocycles. The van der Waals surface area contributed by atoms with Crippen LogP contribution in [0.2, 0.25) is 0 Å². The van der Waals surface area contributed by atoms with E-state index >= 15 is 0 Å². The van der Waals surface area contributed by atoms with Gasteiger partial charge in [0, 0.05) is 16.8 Å². The molecule has 0 saturated heterocycles. The monoisotopic (exact) mass is 278 g/mol. The standard InChI is InChI=1S/C13H14N2OS2/c1-14-11-12-9(3-7-18-12)2-5-15(13(11)16)10-4-6-17-8-10/h3-4,6-8,11,14H,2,5H2,1H3. The molecule has 0 fully saturated rings. The maximum absolute atomic E-state index is 12.6. The van der Waals surface area contributed by atoms with E-state index in [1.54, 1.807) is 22.7 Å². The number of hydrogen-bond acceptors (Lipinski definition) is 4. The zero-order valence-electron chi connectivity index (χ0n) is 10.1. The highest BCUT2D eigenvalue weighted by Crippen LogP contribution is 2.32. The Hall–Kier alpha value is -1.17. The fourth-order valence-electron chi connectivity index (χ4n) is 2.34. The lowest BCUT2D eigenvalue weighted by Crippen LogP contribution is -2.38. The minimum absolute atomic E-state index is 0.150. The Morgan fingerprint density at radius 1 is 1.39 bits per heavy atom. The molecule has 2 aromatic heterocycles. The van der Waals surface area contributed by atoms with Gasteiger partial charge in [-0.2, -0.15) is 11.3 Å². The molecule has 0 bridgehead atoms. The predicted octanol–water partition coefficient (Wildman–Crippen LogP) is 2.66. The number of hydrogen-bond donors (Lipinski definition) is 1. The molecule has 1 atom stereocenters. The summed E-state index contributed by atoms with van der Waals surface area (Å²) in [5, 5.41) is 9.27. The number of carbonyl (C=O) groups is 1. The van der Waals surface area contributed by atoms with Crippen molar-refractivity contribution in [3.63, 3.8) is 0 Å². The van der Waals surface area contributed by atoms with E-state index in [-0.39, 0.29) is 11.9 Å². The molecule has 0 radical (unpaired) electrons. The van der Waals surface area contributed by atoms with Crippen LogP contribution in [0, 0.1) is 0 Å². The molecule has 0 saturated carbocycles. The zero-order chi connectivity index (χ0) is 12.5. The third-order valence-electron chi connectivity index (χ3n) is 3.27. The van der Waals surface area contributed by atoms with Crippen LogP contribution in [0.4, 0.5) is 5.69 Å². The number of carbonyl (C=O) groups excluding carboxylic acids is 1. The molecule has 1 N–H and O–H groups in total. The molecule has 1 aliphatic rings. The van der Waals surface area contributed by atoms with E-state index < -0.39 is 0 Å². The summed E-state index contributed by atoms with van der Waals surface area (Å²) in [7, 11) is 1.85. The van der Waals surface area contributed by atoms with Crippen molar-refractivity contribution >= 4 is 34.3 Å². The van der Waals surface area contributed by atoms with Gasteiger partial charge in [0.2, 0.25) is 5.91 Å². The summed E-state index contributed by atoms with van der Waals surface area (Å²) in [6.45, 7) is 0.761. The molecule has 1 unspecified atom stereocenters. The molecule has 3 heterocycles. The minimum atomic E-state index is -0.206. The van der Waals surface area contributed by atoms with E-state index in [0.29, 0.717) is 0 Å². The molecule has 3 rings (SSSR count). The van der Waals surface area contributed by atoms with Gasteiger partial charge in [-0.25, -0.2) is 0 Å². The minimum Gasteiger partial charge on any atom is -0.310 e. The van der Waals surface area contributed by atoms with Crippen LogP contribution in [0.25, 0.3) is 0 Å². The van der Waals surface area contributed by atoms with Gasteiger partial charge in [0.25, 0.3) is 0 Å². The van der Waals surface area contributed by atoms with Gasteiger partial charge in [-0.1, -0.05) is 0 Å². The maximum Gasteiger partial charge on any atom is 0.249 e. The summed E-state index contributed by atoms with van der Waals surface area (Å²) in [6.07, 6.45) is 0.929. The Labute approximate surface area is 114 Å². The topological polar surface area (TPSA) is 32.3 Å². The van der Waals surface area contributed by atoms with Crippen LogP contribution in [0.5, 0.6) is 0 Å². The Bertz CT molecular complexity index is 547. The summed E-state index contributed by atoms with van der Waals surface area (Å²) >= 11 is 3.29. The summed E-state index contributed by atoms with van der Waals surface area (Å²) in [6, 6.07) is 3.94. The average molecular weight is 278 g/mol. The van der Waals surface area contributed by atoms with Crippen molar-refractivity contribution in [2.24, 2.45) is 0 Å². The van der Waals surface area contributed by atoms with Crippen LogP contribution >= 0.6 is 22.7 Å². The van der Waals surface area contributed by atoms with Gasteiger partial charge in [-0.15, -0.1) is 11.3 Å². The lowest BCUT2D eigenvalue weighted by molar-refractivity contribution is -0.120. The van der Waals surface area contributed by atoms with Gasteiger partial charge in [0.05, 0.1) is 5.69 Å². The first-order valence-corrected chi connectivity index (χ1v) is 7.70. The summed E-state index contributed by atoms with van der Waals surface area (Å²) in [4.78, 5) is 15.7. The Morgan fingerprint density at radius 3 is 3.00 bits per heavy atom. The van der Waals surface area contributed by atoms with Gasteiger partial charge in [0.1, 0.15) is 6.04 Å². The largest absolute Gasteiger partial charge is 0.310 e. The first kappa shape index (κ1) is 11.9. The molecule has 0 aliphatic carbocycles. The summed E-state index contributed by atoms with van der Waals surface area (Å²) in [5.41, 5.74) is 2.31. The van der Waals surface area contributed by atoms with E-state index in [2.05, 4.69) is 16.8 Å². The predicted molar refractivity (Wildman–Crippen MR) is 76.5 cm³/mol. The molecule has 2 aromatic rings. The van der Waals surface area contributed by atoms with Crippen molar-refractivity contribution in [1.29, 1.82) is 0 Å². The van der Waals surface area contributed by atoms with E-state index in [1.807, 2.05) is 28.8 Å². The number of fused-ring (bicyclic) bond motifs is 1. The molecule has 0 aromatic carbocycles. The second-order valence-corrected chi connectivity index (χ2v) is 5.98. The average Bonchev–Trinajstić information content (AvgIpc) is 3.01. The number of anilines is 1. The first-order chi connectivity index (χ1) is 8.81. The Kier molecular flexibility index (Phi) is 3.20. The SMILES string of the molecule is CNC1C(=O)N(c2ccsc2)CCc2ccsc21. The third-order valence-corrected chi connectivity index (χ3v) is 4.96. The van der Waals surface area contributed by atoms with Crippen molar-refractivity contribution < 1.29 is 4.79 Å². The van der Waals surface area contributed by atoms with Crippen LogP contribution in [0.1, 0.15) is 16.5 Å². The second kappa shape index (κ2) is 4.84.